The summed E-state index contributed by atoms with van der Waals surface area (Å²) in [6.07, 6.45) is 1.96. The smallest absolute Gasteiger partial charge is 0.143 e. The molecule has 0 heterocycles. The lowest BCUT2D eigenvalue weighted by Gasteiger charge is -2.18. The van der Waals surface area contributed by atoms with Gasteiger partial charge in [-0.3, -0.25) is 0 Å². The van der Waals surface area contributed by atoms with Crippen molar-refractivity contribution in [2.24, 2.45) is 0 Å². The first-order valence-corrected chi connectivity index (χ1v) is 12.7. The van der Waals surface area contributed by atoms with Gasteiger partial charge >= 0.3 is 0 Å². The third-order valence-electron chi connectivity index (χ3n) is 4.85. The first-order chi connectivity index (χ1) is 15.0. The third-order valence-corrected chi connectivity index (χ3v) is 7.36. The zero-order valence-corrected chi connectivity index (χ0v) is 21.2. The van der Waals surface area contributed by atoms with Crippen LogP contribution >= 0.6 is 48.0 Å². The Hall–Kier alpha value is -1.86. The van der Waals surface area contributed by atoms with E-state index in [4.69, 9.17) is 24.4 Å². The fourth-order valence-corrected chi connectivity index (χ4v) is 5.64. The molecule has 160 valence electrons. The monoisotopic (exact) mass is 482 g/mol. The highest BCUT2D eigenvalue weighted by Gasteiger charge is 2.12. The van der Waals surface area contributed by atoms with Gasteiger partial charge in [0.2, 0.25) is 0 Å². The van der Waals surface area contributed by atoms with Crippen molar-refractivity contribution in [3.8, 4) is 0 Å². The molecule has 0 aliphatic rings. The van der Waals surface area contributed by atoms with Crippen molar-refractivity contribution in [3.05, 3.63) is 83.4 Å². The molecule has 0 aliphatic carbocycles. The Kier molecular flexibility index (Phi) is 8.96. The number of nitrogens with one attached hydrogen (secondary N) is 2. The van der Waals surface area contributed by atoms with E-state index >= 15 is 0 Å². The first-order valence-electron chi connectivity index (χ1n) is 10.2. The molecule has 2 N–H and O–H groups in total. The van der Waals surface area contributed by atoms with Crippen LogP contribution in [0.1, 0.15) is 30.5 Å². The topological polar surface area (TPSA) is 24.1 Å². The van der Waals surface area contributed by atoms with Crippen molar-refractivity contribution in [2.45, 2.75) is 43.4 Å². The Balaban J connectivity index is 1.74. The second-order valence-electron chi connectivity index (χ2n) is 6.95. The SMILES string of the molecule is CCc1ccccc1SC(=S)Nc1cccc(C)c1NC(=S)Sc1ccccc1CC. The van der Waals surface area contributed by atoms with E-state index in [0.717, 1.165) is 29.8 Å². The third kappa shape index (κ3) is 6.56. The Labute approximate surface area is 204 Å². The molecule has 31 heavy (non-hydrogen) atoms. The Morgan fingerprint density at radius 1 is 0.710 bits per heavy atom. The molecule has 0 amide bonds. The van der Waals surface area contributed by atoms with E-state index in [2.05, 4.69) is 79.9 Å². The second-order valence-corrected chi connectivity index (χ2v) is 10.4. The van der Waals surface area contributed by atoms with Gasteiger partial charge in [0.05, 0.1) is 11.4 Å². The van der Waals surface area contributed by atoms with E-state index in [1.54, 1.807) is 23.5 Å². The molecule has 0 spiro atoms. The summed E-state index contributed by atoms with van der Waals surface area (Å²) in [4.78, 5) is 2.37. The summed E-state index contributed by atoms with van der Waals surface area (Å²) in [5.41, 5.74) is 5.59. The lowest BCUT2D eigenvalue weighted by molar-refractivity contribution is 1.08. The Bertz CT molecular complexity index is 1080. The molecule has 0 aliphatic heterocycles. The molecule has 0 saturated heterocycles. The van der Waals surface area contributed by atoms with Crippen LogP contribution in [0.15, 0.2) is 76.5 Å². The van der Waals surface area contributed by atoms with Gasteiger partial charge in [-0.25, -0.2) is 0 Å². The highest BCUT2D eigenvalue weighted by atomic mass is 32.2. The van der Waals surface area contributed by atoms with E-state index in [1.807, 2.05) is 18.2 Å². The average molecular weight is 483 g/mol. The van der Waals surface area contributed by atoms with E-state index < -0.39 is 0 Å². The van der Waals surface area contributed by atoms with E-state index in [9.17, 15) is 0 Å². The molecule has 6 heteroatoms. The van der Waals surface area contributed by atoms with Gasteiger partial charge in [0.25, 0.3) is 0 Å². The van der Waals surface area contributed by atoms with Gasteiger partial charge < -0.3 is 10.6 Å². The van der Waals surface area contributed by atoms with Crippen LogP contribution in [0.2, 0.25) is 0 Å². The van der Waals surface area contributed by atoms with Crippen LogP contribution < -0.4 is 10.6 Å². The molecule has 0 fully saturated rings. The summed E-state index contributed by atoms with van der Waals surface area (Å²) in [5.74, 6) is 0. The quantitative estimate of drug-likeness (QED) is 0.272. The molecule has 3 aromatic carbocycles. The van der Waals surface area contributed by atoms with Gasteiger partial charge in [0.1, 0.15) is 8.64 Å². The van der Waals surface area contributed by atoms with Crippen molar-refractivity contribution in [3.63, 3.8) is 0 Å². The highest BCUT2D eigenvalue weighted by Crippen LogP contribution is 2.32. The van der Waals surface area contributed by atoms with E-state index in [-0.39, 0.29) is 0 Å². The van der Waals surface area contributed by atoms with Crippen molar-refractivity contribution in [1.82, 2.24) is 0 Å². The minimum atomic E-state index is 0.712. The van der Waals surface area contributed by atoms with E-state index in [1.165, 1.54) is 20.9 Å². The zero-order chi connectivity index (χ0) is 22.2. The summed E-state index contributed by atoms with van der Waals surface area (Å²) >= 11 is 14.5. The standard InChI is InChI=1S/C25H26N2S4/c1-4-18-12-6-8-15-21(18)30-24(28)26-20-14-10-11-17(3)23(20)27-25(29)31-22-16-9-7-13-19(22)5-2/h6-16H,4-5H2,1-3H3,(H,26,28)(H,27,29). The number of hydrogen-bond donors (Lipinski definition) is 2. The normalized spacial score (nSPS) is 10.5. The molecular formula is C25H26N2S4. The van der Waals surface area contributed by atoms with Gasteiger partial charge in [-0.05, 0) is 54.7 Å². The fourth-order valence-electron chi connectivity index (χ4n) is 3.19. The number of thioether (sulfide) groups is 2. The number of rotatable bonds is 6. The minimum absolute atomic E-state index is 0.712. The molecule has 0 bridgehead atoms. The van der Waals surface area contributed by atoms with Crippen molar-refractivity contribution >= 4 is 68.0 Å². The minimum Gasteiger partial charge on any atom is -0.339 e. The van der Waals surface area contributed by atoms with Gasteiger partial charge in [-0.1, -0.05) is 110 Å². The molecular weight excluding hydrogens is 457 g/mol. The van der Waals surface area contributed by atoms with Crippen LogP contribution in [-0.4, -0.2) is 8.64 Å². The van der Waals surface area contributed by atoms with Crippen LogP contribution in [0.3, 0.4) is 0 Å². The summed E-state index contributed by atoms with van der Waals surface area (Å²) < 4.78 is 1.43. The number of anilines is 2. The summed E-state index contributed by atoms with van der Waals surface area (Å²) in [5, 5.41) is 6.84. The number of thiocarbonyl (C=S) groups is 2. The number of aryl methyl sites for hydroxylation is 3. The summed E-state index contributed by atoms with van der Waals surface area (Å²) in [6, 6.07) is 22.9. The highest BCUT2D eigenvalue weighted by molar-refractivity contribution is 8.23. The summed E-state index contributed by atoms with van der Waals surface area (Å²) in [7, 11) is 0. The van der Waals surface area contributed by atoms with E-state index in [0.29, 0.717) is 8.64 Å². The molecule has 2 nitrogen and oxygen atoms in total. The lowest BCUT2D eigenvalue weighted by Crippen LogP contribution is -2.12. The molecule has 3 rings (SSSR count). The van der Waals surface area contributed by atoms with Crippen molar-refractivity contribution in [2.75, 3.05) is 10.6 Å². The van der Waals surface area contributed by atoms with Crippen LogP contribution in [0.25, 0.3) is 0 Å². The predicted molar refractivity (Wildman–Crippen MR) is 147 cm³/mol. The fraction of sp³-hybridized carbons (Fsp3) is 0.200. The second kappa shape index (κ2) is 11.7. The van der Waals surface area contributed by atoms with Gasteiger partial charge in [0, 0.05) is 9.79 Å². The van der Waals surface area contributed by atoms with Gasteiger partial charge in [0.15, 0.2) is 0 Å². The van der Waals surface area contributed by atoms with Gasteiger partial charge in [-0.15, -0.1) is 0 Å². The zero-order valence-electron chi connectivity index (χ0n) is 17.9. The first kappa shape index (κ1) is 23.8. The van der Waals surface area contributed by atoms with Crippen molar-refractivity contribution in [1.29, 1.82) is 0 Å². The molecule has 0 saturated carbocycles. The van der Waals surface area contributed by atoms with Gasteiger partial charge in [-0.2, -0.15) is 0 Å². The largest absolute Gasteiger partial charge is 0.339 e. The summed E-state index contributed by atoms with van der Waals surface area (Å²) in [6.45, 7) is 6.39. The predicted octanol–water partition coefficient (Wildman–Crippen LogP) is 8.10. The van der Waals surface area contributed by atoms with Crippen LogP contribution in [0, 0.1) is 6.92 Å². The number of para-hydroxylation sites is 1. The maximum absolute atomic E-state index is 5.68. The lowest BCUT2D eigenvalue weighted by atomic mass is 10.1. The van der Waals surface area contributed by atoms with Crippen LogP contribution in [-0.2, 0) is 12.8 Å². The van der Waals surface area contributed by atoms with Crippen molar-refractivity contribution < 1.29 is 0 Å². The molecule has 0 unspecified atom stereocenters. The van der Waals surface area contributed by atoms with Crippen LogP contribution in [0.4, 0.5) is 11.4 Å². The maximum atomic E-state index is 5.68. The molecule has 3 aromatic rings. The molecule has 0 atom stereocenters. The maximum Gasteiger partial charge on any atom is 0.143 e. The van der Waals surface area contributed by atoms with Crippen LogP contribution in [0.5, 0.6) is 0 Å². The average Bonchev–Trinajstić information content (AvgIpc) is 2.77. The Morgan fingerprint density at radius 3 is 1.77 bits per heavy atom. The molecule has 0 radical (unpaired) electrons. The number of hydrogen-bond acceptors (Lipinski definition) is 4. The Morgan fingerprint density at radius 2 is 1.23 bits per heavy atom. The molecule has 0 aromatic heterocycles. The number of benzene rings is 3.